The molecule has 0 saturated heterocycles. The molecule has 0 aromatic carbocycles. The second-order valence-electron chi connectivity index (χ2n) is 2.00. The average molecular weight is 401 g/mol. The van der Waals surface area contributed by atoms with Crippen molar-refractivity contribution in [1.82, 2.24) is 0 Å². The first-order valence-corrected chi connectivity index (χ1v) is 4.13. The third-order valence-corrected chi connectivity index (χ3v) is 0.586. The van der Waals surface area contributed by atoms with E-state index < -0.39 is 0 Å². The van der Waals surface area contributed by atoms with Crippen LogP contribution in [0, 0.1) is 19.9 Å². The van der Waals surface area contributed by atoms with E-state index in [0.717, 1.165) is 19.3 Å². The van der Waals surface area contributed by atoms with Crippen LogP contribution in [0.15, 0.2) is 18.2 Å². The van der Waals surface area contributed by atoms with Crippen LogP contribution >= 0.6 is 0 Å². The molecule has 86 valence electrons. The van der Waals surface area contributed by atoms with E-state index in [2.05, 4.69) is 26.0 Å². The number of rotatable bonds is 0. The smallest absolute Gasteiger partial charge is 0 e. The molecule has 0 aromatic heterocycles. The Bertz CT molecular complexity index is 89.5. The quantitative estimate of drug-likeness (QED) is 0.319. The molecule has 0 N–H and O–H groups in total. The Kier molecular flexibility index (Phi) is 77.7. The van der Waals surface area contributed by atoms with Gasteiger partial charge in [-0.3, -0.25) is 6.08 Å². The summed E-state index contributed by atoms with van der Waals surface area (Å²) in [6.07, 6.45) is 12.0. The zero-order valence-electron chi connectivity index (χ0n) is 9.02. The Balaban J connectivity index is -0.0000000276. The van der Waals surface area contributed by atoms with Gasteiger partial charge in [-0.15, -0.1) is 6.42 Å². The molecule has 0 atom stereocenters. The summed E-state index contributed by atoms with van der Waals surface area (Å²) in [6.45, 7) is 11.0. The summed E-state index contributed by atoms with van der Waals surface area (Å²) >= 11 is 0. The van der Waals surface area contributed by atoms with Crippen molar-refractivity contribution >= 4 is 0 Å². The van der Waals surface area contributed by atoms with Gasteiger partial charge in [0.25, 0.3) is 0 Å². The Labute approximate surface area is 121 Å². The van der Waals surface area contributed by atoms with E-state index in [0.29, 0.717) is 0 Å². The molecule has 0 unspecified atom stereocenters. The fourth-order valence-electron chi connectivity index (χ4n) is 0.340. The van der Waals surface area contributed by atoms with Crippen LogP contribution < -0.4 is 24.8 Å². The van der Waals surface area contributed by atoms with Gasteiger partial charge in [-0.1, -0.05) is 13.8 Å². The molecular formula is C11H19Cl2Hf-5. The Morgan fingerprint density at radius 2 is 1.50 bits per heavy atom. The van der Waals surface area contributed by atoms with Crippen LogP contribution in [0.25, 0.3) is 0 Å². The number of hydrogen-bond donors (Lipinski definition) is 0. The van der Waals surface area contributed by atoms with Crippen LogP contribution in [-0.4, -0.2) is 0 Å². The van der Waals surface area contributed by atoms with Crippen LogP contribution in [0.2, 0.25) is 0 Å². The third kappa shape index (κ3) is 52.3. The summed E-state index contributed by atoms with van der Waals surface area (Å²) in [7, 11) is 0. The van der Waals surface area contributed by atoms with Gasteiger partial charge in [0.05, 0.1) is 0 Å². The summed E-state index contributed by atoms with van der Waals surface area (Å²) in [5.41, 5.74) is 0. The minimum atomic E-state index is 0. The SMILES string of the molecule is [C-]1=CC=CC1.[CH2-]CC.[CH2-]CC.[Cl-].[Cl-].[Hf]. The second kappa shape index (κ2) is 37.0. The van der Waals surface area contributed by atoms with E-state index in [1.165, 1.54) is 0 Å². The van der Waals surface area contributed by atoms with Crippen LogP contribution in [-0.2, 0) is 25.8 Å². The minimum absolute atomic E-state index is 0. The van der Waals surface area contributed by atoms with Gasteiger partial charge >= 0.3 is 0 Å². The standard InChI is InChI=1S/C5H5.2C3H7.2ClH.Hf/c1-2-4-5-3-1;2*1-3-2;;;/h1-3H,4H2;2*1,3H2,2H3;2*1H;/q3*-1;;;/p-2. The first kappa shape index (κ1) is 29.4. The van der Waals surface area contributed by atoms with Crippen LogP contribution in [0.5, 0.6) is 0 Å². The molecule has 0 fully saturated rings. The third-order valence-electron chi connectivity index (χ3n) is 0.586. The van der Waals surface area contributed by atoms with Crippen molar-refractivity contribution in [2.24, 2.45) is 0 Å². The number of hydrogen-bond acceptors (Lipinski definition) is 0. The van der Waals surface area contributed by atoms with E-state index in [9.17, 15) is 0 Å². The van der Waals surface area contributed by atoms with Gasteiger partial charge in [-0.2, -0.15) is 18.9 Å². The summed E-state index contributed by atoms with van der Waals surface area (Å²) < 4.78 is 0. The zero-order chi connectivity index (χ0) is 8.95. The van der Waals surface area contributed by atoms with Crippen molar-refractivity contribution < 1.29 is 50.7 Å². The Morgan fingerprint density at radius 1 is 1.14 bits per heavy atom. The van der Waals surface area contributed by atoms with Crippen molar-refractivity contribution in [1.29, 1.82) is 0 Å². The normalized spacial score (nSPS) is 8.86. The molecule has 1 aliphatic carbocycles. The maximum absolute atomic E-state index is 3.49. The second-order valence-corrected chi connectivity index (χ2v) is 2.00. The van der Waals surface area contributed by atoms with E-state index in [-0.39, 0.29) is 50.7 Å². The largest absolute Gasteiger partial charge is 1.00 e. The summed E-state index contributed by atoms with van der Waals surface area (Å²) in [6, 6.07) is 0. The van der Waals surface area contributed by atoms with Gasteiger partial charge in [0.2, 0.25) is 0 Å². The molecule has 14 heavy (non-hydrogen) atoms. The molecule has 0 amide bonds. The summed E-state index contributed by atoms with van der Waals surface area (Å²) in [5.74, 6) is 0. The predicted octanol–water partition coefficient (Wildman–Crippen LogP) is -2.23. The first-order chi connectivity index (χ1) is 5.33. The molecule has 0 bridgehead atoms. The molecule has 0 nitrogen and oxygen atoms in total. The maximum atomic E-state index is 3.49. The minimum Gasteiger partial charge on any atom is -1.00 e. The molecule has 0 saturated carbocycles. The zero-order valence-corrected chi connectivity index (χ0v) is 14.1. The molecular weight excluding hydrogens is 382 g/mol. The molecule has 0 heterocycles. The average Bonchev–Trinajstić information content (AvgIpc) is 2.44. The Hall–Kier alpha value is 0.930. The number of allylic oxidation sites excluding steroid dienone is 4. The van der Waals surface area contributed by atoms with Crippen molar-refractivity contribution in [2.45, 2.75) is 33.1 Å². The Morgan fingerprint density at radius 3 is 1.57 bits per heavy atom. The van der Waals surface area contributed by atoms with Crippen molar-refractivity contribution in [3.63, 3.8) is 0 Å². The molecule has 0 radical (unpaired) electrons. The van der Waals surface area contributed by atoms with Gasteiger partial charge in [-0.25, -0.2) is 12.2 Å². The molecule has 1 rings (SSSR count). The van der Waals surface area contributed by atoms with Crippen LogP contribution in [0.1, 0.15) is 33.1 Å². The van der Waals surface area contributed by atoms with E-state index in [1.807, 2.05) is 26.0 Å². The van der Waals surface area contributed by atoms with Crippen molar-refractivity contribution in [2.75, 3.05) is 0 Å². The van der Waals surface area contributed by atoms with Gasteiger partial charge in [0.1, 0.15) is 0 Å². The van der Waals surface area contributed by atoms with Crippen molar-refractivity contribution in [3.8, 4) is 0 Å². The molecule has 0 aromatic rings. The fourth-order valence-corrected chi connectivity index (χ4v) is 0.340. The topological polar surface area (TPSA) is 0 Å². The monoisotopic (exact) mass is 401 g/mol. The fraction of sp³-hybridized carbons (Fsp3) is 0.455. The van der Waals surface area contributed by atoms with E-state index >= 15 is 0 Å². The van der Waals surface area contributed by atoms with Gasteiger partial charge in [0.15, 0.2) is 0 Å². The molecule has 0 spiro atoms. The number of halogens is 2. The maximum Gasteiger partial charge on any atom is 0 e. The molecule has 0 aliphatic heterocycles. The van der Waals surface area contributed by atoms with Crippen LogP contribution in [0.4, 0.5) is 0 Å². The van der Waals surface area contributed by atoms with Gasteiger partial charge in [-0.05, 0) is 0 Å². The van der Waals surface area contributed by atoms with Gasteiger partial charge < -0.3 is 38.7 Å². The first-order valence-electron chi connectivity index (χ1n) is 4.13. The summed E-state index contributed by atoms with van der Waals surface area (Å²) in [4.78, 5) is 0. The predicted molar refractivity (Wildman–Crippen MR) is 52.9 cm³/mol. The van der Waals surface area contributed by atoms with E-state index in [4.69, 9.17) is 0 Å². The van der Waals surface area contributed by atoms with Crippen LogP contribution in [0.3, 0.4) is 0 Å². The molecule has 3 heteroatoms. The molecule has 1 aliphatic rings. The van der Waals surface area contributed by atoms with Gasteiger partial charge in [0, 0.05) is 25.8 Å². The van der Waals surface area contributed by atoms with E-state index in [1.54, 1.807) is 0 Å². The van der Waals surface area contributed by atoms with Crippen molar-refractivity contribution in [3.05, 3.63) is 38.2 Å². The summed E-state index contributed by atoms with van der Waals surface area (Å²) in [5, 5.41) is 0.